The molecule has 1 amide bonds. The van der Waals surface area contributed by atoms with Crippen molar-refractivity contribution in [2.24, 2.45) is 17.6 Å². The van der Waals surface area contributed by atoms with Crippen molar-refractivity contribution in [1.82, 2.24) is 4.90 Å². The highest BCUT2D eigenvalue weighted by molar-refractivity contribution is 6.22. The first-order valence-electron chi connectivity index (χ1n) is 12.3. The van der Waals surface area contributed by atoms with Gasteiger partial charge in [0.15, 0.2) is 11.4 Å². The molecule has 3 atom stereocenters. The third kappa shape index (κ3) is 3.72. The molecule has 1 heterocycles. The van der Waals surface area contributed by atoms with Gasteiger partial charge in [0.2, 0.25) is 5.78 Å². The van der Waals surface area contributed by atoms with Crippen LogP contribution in [0.2, 0.25) is 0 Å². The Morgan fingerprint density at radius 3 is 2.49 bits per heavy atom. The first-order valence-corrected chi connectivity index (χ1v) is 12.3. The fraction of sp³-hybridized carbons (Fsp3) is 0.500. The van der Waals surface area contributed by atoms with E-state index in [2.05, 4.69) is 4.90 Å². The van der Waals surface area contributed by atoms with E-state index in [-0.39, 0.29) is 36.1 Å². The molecule has 0 bridgehead atoms. The Balaban J connectivity index is 1.66. The summed E-state index contributed by atoms with van der Waals surface area (Å²) in [5, 5.41) is 44.9. The molecule has 11 nitrogen and oxygen atoms in total. The first kappa shape index (κ1) is 25.2. The molecule has 0 aromatic heterocycles. The van der Waals surface area contributed by atoms with Crippen LogP contribution in [0.15, 0.2) is 23.0 Å². The Kier molecular flexibility index (Phi) is 6.05. The van der Waals surface area contributed by atoms with Gasteiger partial charge in [-0.3, -0.25) is 19.3 Å². The van der Waals surface area contributed by atoms with Gasteiger partial charge in [0.1, 0.15) is 22.8 Å². The van der Waals surface area contributed by atoms with Crippen LogP contribution >= 0.6 is 0 Å². The molecule has 0 spiro atoms. The monoisotopic (exact) mass is 513 g/mol. The third-order valence-corrected chi connectivity index (χ3v) is 8.10. The predicted octanol–water partition coefficient (Wildman–Crippen LogP) is 0.322. The van der Waals surface area contributed by atoms with E-state index in [0.717, 1.165) is 5.69 Å². The number of primary amides is 1. The van der Waals surface area contributed by atoms with Gasteiger partial charge in [0.25, 0.3) is 5.91 Å². The molecule has 0 unspecified atom stereocenters. The predicted molar refractivity (Wildman–Crippen MR) is 132 cm³/mol. The molecule has 1 aromatic carbocycles. The van der Waals surface area contributed by atoms with E-state index in [1.807, 2.05) is 25.1 Å². The summed E-state index contributed by atoms with van der Waals surface area (Å²) in [5.74, 6) is -6.23. The van der Waals surface area contributed by atoms with Crippen molar-refractivity contribution < 1.29 is 39.5 Å². The van der Waals surface area contributed by atoms with Gasteiger partial charge in [-0.2, -0.15) is 0 Å². The SMILES string of the molecule is CN(C)c1cc(CN2CCOCC2)c(O)c2c1C[C@H]1C[C@H]3CC(=O)C(C(N)=O)=C(O)[C@@]3(O)C(=O)C1=C2O. The minimum Gasteiger partial charge on any atom is -0.508 e. The van der Waals surface area contributed by atoms with Gasteiger partial charge in [-0.1, -0.05) is 0 Å². The van der Waals surface area contributed by atoms with Crippen molar-refractivity contribution in [3.05, 3.63) is 39.7 Å². The average Bonchev–Trinajstić information content (AvgIpc) is 2.83. The zero-order valence-electron chi connectivity index (χ0n) is 20.8. The highest BCUT2D eigenvalue weighted by atomic mass is 16.5. The van der Waals surface area contributed by atoms with Crippen LogP contribution in [-0.2, 0) is 32.1 Å². The zero-order valence-corrected chi connectivity index (χ0v) is 20.8. The molecule has 11 heteroatoms. The number of rotatable bonds is 4. The van der Waals surface area contributed by atoms with Crippen molar-refractivity contribution in [1.29, 1.82) is 0 Å². The molecule has 1 aliphatic heterocycles. The molecular formula is C26H31N3O8. The molecular weight excluding hydrogens is 482 g/mol. The molecule has 1 saturated heterocycles. The fourth-order valence-corrected chi connectivity index (χ4v) is 6.24. The van der Waals surface area contributed by atoms with Crippen LogP contribution in [0.4, 0.5) is 5.69 Å². The molecule has 6 N–H and O–H groups in total. The maximum Gasteiger partial charge on any atom is 0.255 e. The van der Waals surface area contributed by atoms with E-state index in [1.54, 1.807) is 0 Å². The number of aliphatic hydroxyl groups excluding tert-OH is 2. The maximum absolute atomic E-state index is 13.7. The summed E-state index contributed by atoms with van der Waals surface area (Å²) in [6.45, 7) is 2.92. The van der Waals surface area contributed by atoms with Gasteiger partial charge < -0.3 is 35.8 Å². The molecule has 4 aliphatic rings. The highest BCUT2D eigenvalue weighted by Gasteiger charge is 2.60. The number of aliphatic hydroxyl groups is 3. The number of hydrogen-bond donors (Lipinski definition) is 5. The number of nitrogens with zero attached hydrogens (tertiary/aromatic N) is 2. The van der Waals surface area contributed by atoms with Crippen molar-refractivity contribution in [2.75, 3.05) is 45.3 Å². The molecule has 5 rings (SSSR count). The topological polar surface area (TPSA) is 174 Å². The molecule has 198 valence electrons. The Morgan fingerprint density at radius 2 is 1.86 bits per heavy atom. The lowest BCUT2D eigenvalue weighted by atomic mass is 9.59. The minimum atomic E-state index is -2.57. The van der Waals surface area contributed by atoms with Crippen LogP contribution in [0.5, 0.6) is 5.75 Å². The fourth-order valence-electron chi connectivity index (χ4n) is 6.24. The van der Waals surface area contributed by atoms with E-state index in [0.29, 0.717) is 44.0 Å². The van der Waals surface area contributed by atoms with Crippen molar-refractivity contribution in [3.63, 3.8) is 0 Å². The number of amides is 1. The number of anilines is 1. The van der Waals surface area contributed by atoms with Crippen LogP contribution in [0, 0.1) is 11.8 Å². The summed E-state index contributed by atoms with van der Waals surface area (Å²) in [5.41, 5.74) is 3.84. The lowest BCUT2D eigenvalue weighted by Crippen LogP contribution is -2.58. The summed E-state index contributed by atoms with van der Waals surface area (Å²) in [6.07, 6.45) is 0.0334. The average molecular weight is 514 g/mol. The number of benzene rings is 1. The van der Waals surface area contributed by atoms with Crippen molar-refractivity contribution in [2.45, 2.75) is 31.4 Å². The smallest absolute Gasteiger partial charge is 0.255 e. The molecule has 1 aromatic rings. The molecule has 3 aliphatic carbocycles. The van der Waals surface area contributed by atoms with Gasteiger partial charge in [0.05, 0.1) is 18.8 Å². The Hall–Kier alpha value is -3.41. The first-order chi connectivity index (χ1) is 17.5. The molecule has 2 fully saturated rings. The second kappa shape index (κ2) is 8.86. The molecule has 0 radical (unpaired) electrons. The number of fused-ring (bicyclic) bond motifs is 3. The Morgan fingerprint density at radius 1 is 1.19 bits per heavy atom. The van der Waals surface area contributed by atoms with E-state index in [9.17, 15) is 34.8 Å². The number of phenolic OH excluding ortho intramolecular Hbond substituents is 1. The van der Waals surface area contributed by atoms with Gasteiger partial charge in [-0.15, -0.1) is 0 Å². The number of morpholine rings is 1. The zero-order chi connectivity index (χ0) is 26.8. The summed E-state index contributed by atoms with van der Waals surface area (Å²) >= 11 is 0. The number of ketones is 2. The summed E-state index contributed by atoms with van der Waals surface area (Å²) < 4.78 is 5.40. The van der Waals surface area contributed by atoms with Gasteiger partial charge in [-0.05, 0) is 30.4 Å². The second-order valence-electron chi connectivity index (χ2n) is 10.4. The number of carbonyl (C=O) groups excluding carboxylic acids is 3. The number of aromatic hydroxyl groups is 1. The quantitative estimate of drug-likeness (QED) is 0.353. The Bertz CT molecular complexity index is 1280. The number of phenols is 1. The van der Waals surface area contributed by atoms with Gasteiger partial charge in [-0.25, -0.2) is 0 Å². The van der Waals surface area contributed by atoms with E-state index in [1.165, 1.54) is 0 Å². The standard InChI is InChI=1S/C26H31N3O8/c1-28(2)16-9-13(11-29-3-5-37-6-4-29)21(31)19-15(16)8-12-7-14-10-17(30)20(25(27)35)24(34)26(14,36)23(33)18(12)22(19)32/h9,12,14,31-32,34,36H,3-8,10-11H2,1-2H3,(H2,27,35)/t12-,14+,26+/m1/s1. The van der Waals surface area contributed by atoms with Crippen LogP contribution < -0.4 is 10.6 Å². The molecule has 1 saturated carbocycles. The number of nitrogens with two attached hydrogens (primary N) is 1. The largest absolute Gasteiger partial charge is 0.508 e. The van der Waals surface area contributed by atoms with E-state index >= 15 is 0 Å². The Labute approximate surface area is 213 Å². The normalized spacial score (nSPS) is 28.1. The maximum atomic E-state index is 13.7. The lowest BCUT2D eigenvalue weighted by molar-refractivity contribution is -0.147. The van der Waals surface area contributed by atoms with E-state index < -0.39 is 52.0 Å². The second-order valence-corrected chi connectivity index (χ2v) is 10.4. The number of ether oxygens (including phenoxy) is 1. The van der Waals surface area contributed by atoms with Crippen LogP contribution in [0.3, 0.4) is 0 Å². The summed E-state index contributed by atoms with van der Waals surface area (Å²) in [7, 11) is 3.69. The minimum absolute atomic E-state index is 0.103. The molecule has 37 heavy (non-hydrogen) atoms. The third-order valence-electron chi connectivity index (χ3n) is 8.10. The number of hydrogen-bond acceptors (Lipinski definition) is 10. The highest BCUT2D eigenvalue weighted by Crippen LogP contribution is 2.53. The van der Waals surface area contributed by atoms with Gasteiger partial charge in [0, 0.05) is 62.9 Å². The lowest BCUT2D eigenvalue weighted by Gasteiger charge is -2.46. The van der Waals surface area contributed by atoms with Crippen LogP contribution in [0.1, 0.15) is 29.5 Å². The van der Waals surface area contributed by atoms with Crippen molar-refractivity contribution in [3.8, 4) is 5.75 Å². The van der Waals surface area contributed by atoms with E-state index in [4.69, 9.17) is 10.5 Å². The van der Waals surface area contributed by atoms with Crippen molar-refractivity contribution >= 4 is 28.9 Å². The summed E-state index contributed by atoms with van der Waals surface area (Å²) in [4.78, 5) is 42.0. The summed E-state index contributed by atoms with van der Waals surface area (Å²) in [6, 6.07) is 1.88. The van der Waals surface area contributed by atoms with Gasteiger partial charge >= 0.3 is 0 Å². The number of carbonyl (C=O) groups is 3. The van der Waals surface area contributed by atoms with Crippen LogP contribution in [-0.4, -0.2) is 88.8 Å². The van der Waals surface area contributed by atoms with Crippen LogP contribution in [0.25, 0.3) is 5.76 Å². The number of Topliss-reactive ketones (excluding diaryl/α,β-unsaturated/α-hetero) is 2.